The average molecular weight is 459 g/mol. The number of carbonyl (C=O) groups is 2. The Morgan fingerprint density at radius 1 is 1.09 bits per heavy atom. The lowest BCUT2D eigenvalue weighted by Crippen LogP contribution is -2.44. The van der Waals surface area contributed by atoms with E-state index in [1.165, 1.54) is 4.31 Å². The molecule has 0 radical (unpaired) electrons. The van der Waals surface area contributed by atoms with Gasteiger partial charge < -0.3 is 10.1 Å². The van der Waals surface area contributed by atoms with Gasteiger partial charge >= 0.3 is 5.97 Å². The fourth-order valence-corrected chi connectivity index (χ4v) is 6.16. The van der Waals surface area contributed by atoms with Crippen LogP contribution in [0.3, 0.4) is 0 Å². The van der Waals surface area contributed by atoms with Crippen molar-refractivity contribution in [1.82, 2.24) is 4.31 Å². The van der Waals surface area contributed by atoms with E-state index in [1.807, 2.05) is 19.1 Å². The number of ether oxygens (including phenoxy) is 1. The second kappa shape index (κ2) is 9.83. The third-order valence-electron chi connectivity index (χ3n) is 5.62. The van der Waals surface area contributed by atoms with E-state index in [0.717, 1.165) is 16.7 Å². The quantitative estimate of drug-likeness (QED) is 0.664. The summed E-state index contributed by atoms with van der Waals surface area (Å²) in [5.41, 5.74) is 3.41. The first-order valence-corrected chi connectivity index (χ1v) is 12.2. The Morgan fingerprint density at radius 2 is 1.72 bits per heavy atom. The predicted octanol–water partition coefficient (Wildman–Crippen LogP) is 3.83. The molecular weight excluding hydrogens is 428 g/mol. The minimum atomic E-state index is -3.70. The van der Waals surface area contributed by atoms with Crippen LogP contribution < -0.4 is 5.32 Å². The van der Waals surface area contributed by atoms with Gasteiger partial charge in [-0.05, 0) is 75.9 Å². The van der Waals surface area contributed by atoms with Crippen LogP contribution in [0.2, 0.25) is 0 Å². The highest BCUT2D eigenvalue weighted by Crippen LogP contribution is 2.29. The second-order valence-corrected chi connectivity index (χ2v) is 10.1. The topological polar surface area (TPSA) is 92.8 Å². The number of esters is 1. The molecule has 0 aromatic heterocycles. The smallest absolute Gasteiger partial charge is 0.338 e. The number of benzene rings is 2. The zero-order chi connectivity index (χ0) is 23.5. The number of hydrogen-bond donors (Lipinski definition) is 1. The Labute approximate surface area is 189 Å². The van der Waals surface area contributed by atoms with Gasteiger partial charge in [-0.3, -0.25) is 4.79 Å². The van der Waals surface area contributed by atoms with E-state index < -0.39 is 21.9 Å². The molecule has 172 valence electrons. The van der Waals surface area contributed by atoms with Gasteiger partial charge in [0.05, 0.1) is 23.0 Å². The van der Waals surface area contributed by atoms with Gasteiger partial charge in [-0.25, -0.2) is 13.2 Å². The molecule has 2 aromatic carbocycles. The van der Waals surface area contributed by atoms with E-state index in [1.54, 1.807) is 45.0 Å². The Kier molecular flexibility index (Phi) is 7.36. The molecule has 32 heavy (non-hydrogen) atoms. The van der Waals surface area contributed by atoms with Gasteiger partial charge in [0.25, 0.3) is 0 Å². The van der Waals surface area contributed by atoms with Crippen LogP contribution in [0.1, 0.15) is 46.8 Å². The molecule has 1 aliphatic heterocycles. The molecule has 1 heterocycles. The van der Waals surface area contributed by atoms with Crippen molar-refractivity contribution in [3.63, 3.8) is 0 Å². The maximum absolute atomic E-state index is 13.4. The lowest BCUT2D eigenvalue weighted by molar-refractivity contribution is -0.120. The van der Waals surface area contributed by atoms with E-state index in [0.29, 0.717) is 42.1 Å². The number of amides is 1. The number of carbonyl (C=O) groups excluding carboxylic acids is 2. The monoisotopic (exact) mass is 458 g/mol. The molecule has 0 bridgehead atoms. The lowest BCUT2D eigenvalue weighted by atomic mass is 9.98. The molecule has 1 N–H and O–H groups in total. The molecule has 2 aromatic rings. The van der Waals surface area contributed by atoms with Gasteiger partial charge in [0, 0.05) is 18.8 Å². The van der Waals surface area contributed by atoms with E-state index >= 15 is 0 Å². The highest BCUT2D eigenvalue weighted by molar-refractivity contribution is 7.89. The molecule has 0 saturated carbocycles. The minimum absolute atomic E-state index is 0.141. The molecular formula is C24H30N2O5S. The van der Waals surface area contributed by atoms with Crippen LogP contribution in [-0.4, -0.2) is 44.3 Å². The van der Waals surface area contributed by atoms with Crippen LogP contribution >= 0.6 is 0 Å². The highest BCUT2D eigenvalue weighted by Gasteiger charge is 2.34. The molecule has 1 saturated heterocycles. The van der Waals surface area contributed by atoms with Crippen LogP contribution in [0.15, 0.2) is 41.3 Å². The van der Waals surface area contributed by atoms with Crippen LogP contribution in [0.5, 0.6) is 0 Å². The Bertz CT molecular complexity index is 1090. The maximum Gasteiger partial charge on any atom is 0.338 e. The first kappa shape index (κ1) is 23.9. The summed E-state index contributed by atoms with van der Waals surface area (Å²) < 4.78 is 33.1. The first-order chi connectivity index (χ1) is 15.1. The van der Waals surface area contributed by atoms with Crippen LogP contribution in [-0.2, 0) is 19.6 Å². The third kappa shape index (κ3) is 5.19. The van der Waals surface area contributed by atoms with Crippen molar-refractivity contribution in [2.45, 2.75) is 45.4 Å². The molecule has 0 unspecified atom stereocenters. The van der Waals surface area contributed by atoms with Gasteiger partial charge in [-0.2, -0.15) is 4.31 Å². The second-order valence-electron chi connectivity index (χ2n) is 8.22. The zero-order valence-corrected chi connectivity index (χ0v) is 19.8. The van der Waals surface area contributed by atoms with Gasteiger partial charge in [0.1, 0.15) is 0 Å². The van der Waals surface area contributed by atoms with Crippen molar-refractivity contribution >= 4 is 27.6 Å². The van der Waals surface area contributed by atoms with Crippen molar-refractivity contribution < 1.29 is 22.7 Å². The summed E-state index contributed by atoms with van der Waals surface area (Å²) in [6, 6.07) is 10.2. The van der Waals surface area contributed by atoms with E-state index in [9.17, 15) is 18.0 Å². The van der Waals surface area contributed by atoms with E-state index in [-0.39, 0.29) is 12.5 Å². The minimum Gasteiger partial charge on any atom is -0.462 e. The summed E-state index contributed by atoms with van der Waals surface area (Å²) in [6.45, 7) is 8.12. The number of nitrogens with one attached hydrogen (secondary N) is 1. The number of sulfonamides is 1. The summed E-state index contributed by atoms with van der Waals surface area (Å²) in [4.78, 5) is 25.0. The maximum atomic E-state index is 13.4. The molecule has 3 rings (SSSR count). The van der Waals surface area contributed by atoms with Crippen molar-refractivity contribution in [3.05, 3.63) is 58.7 Å². The molecule has 1 atom stereocenters. The molecule has 0 aliphatic carbocycles. The molecule has 1 aliphatic rings. The molecule has 1 amide bonds. The zero-order valence-electron chi connectivity index (χ0n) is 19.0. The molecule has 1 fully saturated rings. The number of hydrogen-bond acceptors (Lipinski definition) is 5. The molecule has 7 nitrogen and oxygen atoms in total. The van der Waals surface area contributed by atoms with Crippen molar-refractivity contribution in [1.29, 1.82) is 0 Å². The number of anilines is 1. The van der Waals surface area contributed by atoms with Crippen LogP contribution in [0.4, 0.5) is 5.69 Å². The Balaban J connectivity index is 1.72. The van der Waals surface area contributed by atoms with E-state index in [4.69, 9.17) is 4.74 Å². The van der Waals surface area contributed by atoms with Gasteiger partial charge in [-0.15, -0.1) is 0 Å². The SMILES string of the molecule is CCOC(=O)c1ccc(NC(=O)[C@H]2CCCN(S(=O)(=O)c3c(C)cc(C)cc3C)C2)cc1. The Hall–Kier alpha value is -2.71. The summed E-state index contributed by atoms with van der Waals surface area (Å²) in [7, 11) is -3.70. The summed E-state index contributed by atoms with van der Waals surface area (Å²) in [5, 5.41) is 2.84. The summed E-state index contributed by atoms with van der Waals surface area (Å²) in [6.07, 6.45) is 1.23. The number of nitrogens with zero attached hydrogens (tertiary/aromatic N) is 1. The Morgan fingerprint density at radius 3 is 2.31 bits per heavy atom. The number of rotatable bonds is 6. The average Bonchev–Trinajstić information content (AvgIpc) is 2.73. The van der Waals surface area contributed by atoms with Crippen molar-refractivity contribution in [3.8, 4) is 0 Å². The molecule has 0 spiro atoms. The predicted molar refractivity (Wildman–Crippen MR) is 123 cm³/mol. The van der Waals surface area contributed by atoms with Crippen molar-refractivity contribution in [2.75, 3.05) is 25.0 Å². The molecule has 8 heteroatoms. The van der Waals surface area contributed by atoms with Gasteiger partial charge in [-0.1, -0.05) is 17.7 Å². The number of piperidine rings is 1. The van der Waals surface area contributed by atoms with Crippen molar-refractivity contribution in [2.24, 2.45) is 5.92 Å². The van der Waals surface area contributed by atoms with Crippen LogP contribution in [0, 0.1) is 26.7 Å². The standard InChI is InChI=1S/C24H30N2O5S/c1-5-31-24(28)19-8-10-21(11-9-19)25-23(27)20-7-6-12-26(15-20)32(29,30)22-17(3)13-16(2)14-18(22)4/h8-11,13-14,20H,5-7,12,15H2,1-4H3,(H,25,27)/t20-/m0/s1. The van der Waals surface area contributed by atoms with Crippen LogP contribution in [0.25, 0.3) is 0 Å². The summed E-state index contributed by atoms with van der Waals surface area (Å²) in [5.74, 6) is -1.10. The van der Waals surface area contributed by atoms with Gasteiger partial charge in [0.2, 0.25) is 15.9 Å². The van der Waals surface area contributed by atoms with Gasteiger partial charge in [0.15, 0.2) is 0 Å². The lowest BCUT2D eigenvalue weighted by Gasteiger charge is -2.32. The highest BCUT2D eigenvalue weighted by atomic mass is 32.2. The van der Waals surface area contributed by atoms with E-state index in [2.05, 4.69) is 5.32 Å². The third-order valence-corrected chi connectivity index (χ3v) is 7.79. The largest absolute Gasteiger partial charge is 0.462 e. The fraction of sp³-hybridized carbons (Fsp3) is 0.417. The summed E-state index contributed by atoms with van der Waals surface area (Å²) >= 11 is 0. The normalized spacial score (nSPS) is 17.1. The number of aryl methyl sites for hydroxylation is 3. The fourth-order valence-electron chi connectivity index (χ4n) is 4.23. The first-order valence-electron chi connectivity index (χ1n) is 10.8.